The van der Waals surface area contributed by atoms with Gasteiger partial charge in [0.1, 0.15) is 5.75 Å². The number of hydrogen-bond acceptors (Lipinski definition) is 3. The van der Waals surface area contributed by atoms with Gasteiger partial charge in [0.15, 0.2) is 5.78 Å². The Kier molecular flexibility index (Phi) is 4.78. The van der Waals surface area contributed by atoms with Crippen molar-refractivity contribution in [2.75, 3.05) is 7.11 Å². The van der Waals surface area contributed by atoms with Gasteiger partial charge in [0.05, 0.1) is 12.8 Å². The van der Waals surface area contributed by atoms with E-state index in [4.69, 9.17) is 10.3 Å². The quantitative estimate of drug-likeness (QED) is 0.260. The molecular weight excluding hydrogens is 328 g/mol. The molecule has 0 saturated heterocycles. The smallest absolute Gasteiger partial charge is 0.161 e. The third kappa shape index (κ3) is 3.18. The van der Waals surface area contributed by atoms with Gasteiger partial charge in [-0.15, -0.1) is 0 Å². The van der Waals surface area contributed by atoms with E-state index in [1.807, 2.05) is 54.0 Å². The van der Waals surface area contributed by atoms with Crippen molar-refractivity contribution in [2.24, 2.45) is 5.11 Å². The highest BCUT2D eigenvalue weighted by Crippen LogP contribution is 2.32. The summed E-state index contributed by atoms with van der Waals surface area (Å²) >= 11 is 0. The van der Waals surface area contributed by atoms with Crippen molar-refractivity contribution in [3.63, 3.8) is 0 Å². The lowest BCUT2D eigenvalue weighted by molar-refractivity contribution is 0.101. The Balaban J connectivity index is 2.28. The summed E-state index contributed by atoms with van der Waals surface area (Å²) < 4.78 is 7.31. The fourth-order valence-corrected chi connectivity index (χ4v) is 3.04. The average molecular weight is 346 g/mol. The first-order valence-corrected chi connectivity index (χ1v) is 8.08. The first-order chi connectivity index (χ1) is 12.5. The van der Waals surface area contributed by atoms with Gasteiger partial charge < -0.3 is 9.30 Å². The summed E-state index contributed by atoms with van der Waals surface area (Å²) in [6.07, 6.45) is 0. The van der Waals surface area contributed by atoms with Crippen LogP contribution >= 0.6 is 0 Å². The fourth-order valence-electron chi connectivity index (χ4n) is 3.04. The largest absolute Gasteiger partial charge is 0.497 e. The second kappa shape index (κ2) is 7.17. The summed E-state index contributed by atoms with van der Waals surface area (Å²) in [6, 6.07) is 16.8. The number of hydrogen-bond donors (Lipinski definition) is 0. The molecule has 0 fully saturated rings. The van der Waals surface area contributed by atoms with E-state index >= 15 is 0 Å². The molecule has 0 unspecified atom stereocenters. The third-order valence-electron chi connectivity index (χ3n) is 4.24. The molecule has 3 rings (SSSR count). The van der Waals surface area contributed by atoms with Gasteiger partial charge >= 0.3 is 0 Å². The maximum atomic E-state index is 12.1. The minimum absolute atomic E-state index is 0.00315. The topological polar surface area (TPSA) is 80.0 Å². The Morgan fingerprint density at radius 3 is 2.62 bits per heavy atom. The Bertz CT molecular complexity index is 1030. The SMILES string of the molecule is COc1cccc(-c2cc(C(C)=O)c(C)n2-c2cccc(N=[N+]=[N-])c2)c1. The van der Waals surface area contributed by atoms with Crippen LogP contribution in [0.25, 0.3) is 27.4 Å². The molecule has 26 heavy (non-hydrogen) atoms. The summed E-state index contributed by atoms with van der Waals surface area (Å²) in [5.74, 6) is 0.733. The summed E-state index contributed by atoms with van der Waals surface area (Å²) in [7, 11) is 1.62. The number of ether oxygens (including phenoxy) is 1. The van der Waals surface area contributed by atoms with Crippen LogP contribution in [0.15, 0.2) is 59.7 Å². The van der Waals surface area contributed by atoms with Crippen LogP contribution < -0.4 is 4.74 Å². The Morgan fingerprint density at radius 1 is 1.15 bits per heavy atom. The molecule has 0 amide bonds. The predicted octanol–water partition coefficient (Wildman–Crippen LogP) is 5.61. The molecule has 0 aliphatic heterocycles. The van der Waals surface area contributed by atoms with Crippen LogP contribution in [0.3, 0.4) is 0 Å². The molecule has 0 N–H and O–H groups in total. The van der Waals surface area contributed by atoms with E-state index in [-0.39, 0.29) is 5.78 Å². The van der Waals surface area contributed by atoms with Crippen molar-refractivity contribution in [3.05, 3.63) is 76.3 Å². The summed E-state index contributed by atoms with van der Waals surface area (Å²) in [6.45, 7) is 3.46. The molecule has 130 valence electrons. The zero-order valence-corrected chi connectivity index (χ0v) is 14.8. The molecule has 0 spiro atoms. The van der Waals surface area contributed by atoms with Gasteiger partial charge in [-0.05, 0) is 49.7 Å². The van der Waals surface area contributed by atoms with Gasteiger partial charge in [-0.25, -0.2) is 0 Å². The Labute approximate surface area is 151 Å². The normalized spacial score (nSPS) is 10.3. The summed E-state index contributed by atoms with van der Waals surface area (Å²) in [4.78, 5) is 14.9. The molecule has 0 radical (unpaired) electrons. The van der Waals surface area contributed by atoms with E-state index < -0.39 is 0 Å². The number of rotatable bonds is 5. The minimum atomic E-state index is -0.00315. The van der Waals surface area contributed by atoms with Crippen LogP contribution in [0.4, 0.5) is 5.69 Å². The number of Topliss-reactive ketones (excluding diaryl/α,β-unsaturated/α-hetero) is 1. The van der Waals surface area contributed by atoms with Gasteiger partial charge in [-0.1, -0.05) is 29.4 Å². The van der Waals surface area contributed by atoms with Gasteiger partial charge in [0.25, 0.3) is 0 Å². The molecule has 0 aliphatic carbocycles. The minimum Gasteiger partial charge on any atom is -0.497 e. The van der Waals surface area contributed by atoms with Crippen LogP contribution in [0.1, 0.15) is 23.0 Å². The highest BCUT2D eigenvalue weighted by Gasteiger charge is 2.18. The van der Waals surface area contributed by atoms with Crippen LogP contribution in [-0.2, 0) is 0 Å². The van der Waals surface area contributed by atoms with Crippen LogP contribution in [-0.4, -0.2) is 17.5 Å². The second-order valence-corrected chi connectivity index (χ2v) is 5.86. The number of azide groups is 1. The van der Waals surface area contributed by atoms with Crippen molar-refractivity contribution in [3.8, 4) is 22.7 Å². The number of nitrogens with zero attached hydrogens (tertiary/aromatic N) is 4. The second-order valence-electron chi connectivity index (χ2n) is 5.86. The number of aromatic nitrogens is 1. The molecule has 0 aliphatic rings. The molecule has 3 aromatic rings. The lowest BCUT2D eigenvalue weighted by Crippen LogP contribution is -2.01. The molecule has 6 nitrogen and oxygen atoms in total. The van der Waals surface area contributed by atoms with E-state index in [1.165, 1.54) is 0 Å². The van der Waals surface area contributed by atoms with Crippen molar-refractivity contribution in [1.82, 2.24) is 4.57 Å². The van der Waals surface area contributed by atoms with Crippen LogP contribution in [0.5, 0.6) is 5.75 Å². The molecule has 0 atom stereocenters. The van der Waals surface area contributed by atoms with Crippen molar-refractivity contribution in [2.45, 2.75) is 13.8 Å². The lowest BCUT2D eigenvalue weighted by Gasteiger charge is -2.13. The maximum absolute atomic E-state index is 12.1. The van der Waals surface area contributed by atoms with Gasteiger partial charge in [-0.3, -0.25) is 4.79 Å². The summed E-state index contributed by atoms with van der Waals surface area (Å²) in [5.41, 5.74) is 13.3. The molecule has 0 saturated carbocycles. The molecule has 6 heteroatoms. The van der Waals surface area contributed by atoms with Crippen molar-refractivity contribution in [1.29, 1.82) is 0 Å². The van der Waals surface area contributed by atoms with E-state index in [1.54, 1.807) is 26.2 Å². The van der Waals surface area contributed by atoms with E-state index in [0.29, 0.717) is 11.3 Å². The zero-order valence-electron chi connectivity index (χ0n) is 14.8. The number of methoxy groups -OCH3 is 1. The van der Waals surface area contributed by atoms with Crippen molar-refractivity contribution < 1.29 is 9.53 Å². The van der Waals surface area contributed by atoms with E-state index in [9.17, 15) is 4.79 Å². The van der Waals surface area contributed by atoms with Crippen LogP contribution in [0.2, 0.25) is 0 Å². The molecular formula is C20H18N4O2. The standard InChI is InChI=1S/C20H18N4O2/c1-13-19(14(2)25)12-20(15-6-4-9-18(10-15)26-3)24(13)17-8-5-7-16(11-17)22-23-21/h4-12H,1-3H3. The number of ketones is 1. The monoisotopic (exact) mass is 346 g/mol. The van der Waals surface area contributed by atoms with Gasteiger partial charge in [-0.2, -0.15) is 0 Å². The third-order valence-corrected chi connectivity index (χ3v) is 4.24. The van der Waals surface area contributed by atoms with Gasteiger partial charge in [0, 0.05) is 33.1 Å². The first-order valence-electron chi connectivity index (χ1n) is 8.08. The molecule has 1 heterocycles. The summed E-state index contributed by atoms with van der Waals surface area (Å²) in [5, 5.41) is 3.67. The van der Waals surface area contributed by atoms with Crippen LogP contribution in [0, 0.1) is 6.92 Å². The fraction of sp³-hybridized carbons (Fsp3) is 0.150. The Morgan fingerprint density at radius 2 is 1.92 bits per heavy atom. The molecule has 0 bridgehead atoms. The highest BCUT2D eigenvalue weighted by atomic mass is 16.5. The molecule has 2 aromatic carbocycles. The lowest BCUT2D eigenvalue weighted by atomic mass is 10.1. The maximum Gasteiger partial charge on any atom is 0.161 e. The number of benzene rings is 2. The first kappa shape index (κ1) is 17.3. The molecule has 1 aromatic heterocycles. The zero-order chi connectivity index (χ0) is 18.7. The Hall–Kier alpha value is -3.50. The average Bonchev–Trinajstić information content (AvgIpc) is 3.00. The van der Waals surface area contributed by atoms with Crippen molar-refractivity contribution >= 4 is 11.5 Å². The number of carbonyl (C=O) groups excluding carboxylic acids is 1. The predicted molar refractivity (Wildman–Crippen MR) is 101 cm³/mol. The van der Waals surface area contributed by atoms with E-state index in [0.717, 1.165) is 28.4 Å². The van der Waals surface area contributed by atoms with Gasteiger partial charge in [0.2, 0.25) is 0 Å². The highest BCUT2D eigenvalue weighted by molar-refractivity contribution is 5.97. The van der Waals surface area contributed by atoms with E-state index in [2.05, 4.69) is 10.0 Å². The number of carbonyl (C=O) groups is 1.